The molecule has 31 heavy (non-hydrogen) atoms. The molecule has 3 aromatic rings. The smallest absolute Gasteiger partial charge is 0.264 e. The van der Waals surface area contributed by atoms with Crippen LogP contribution in [0.15, 0.2) is 60.0 Å². The molecule has 4 rings (SSSR count). The molecule has 2 aromatic carbocycles. The number of thiophene rings is 1. The van der Waals surface area contributed by atoms with Crippen molar-refractivity contribution in [3.8, 4) is 5.75 Å². The standard InChI is InChI=1S/C24H23ClN2O3S/c1-2-21-24(29)27(14-16-5-7-18(25)8-6-16)15-17-12-19(9-10-22(17)30-21)26-23(28)13-20-4-3-11-31-20/h3-12,21H,2,13-15H2,1H3,(H,26,28)/t21-/m0/s1. The van der Waals surface area contributed by atoms with Gasteiger partial charge < -0.3 is 15.0 Å². The number of anilines is 1. The van der Waals surface area contributed by atoms with Gasteiger partial charge in [0.1, 0.15) is 5.75 Å². The lowest BCUT2D eigenvalue weighted by atomic mass is 10.1. The van der Waals surface area contributed by atoms with E-state index in [2.05, 4.69) is 5.32 Å². The number of carbonyl (C=O) groups excluding carboxylic acids is 2. The van der Waals surface area contributed by atoms with Crippen molar-refractivity contribution in [3.05, 3.63) is 81.0 Å². The van der Waals surface area contributed by atoms with Crippen molar-refractivity contribution < 1.29 is 14.3 Å². The number of fused-ring (bicyclic) bond motifs is 1. The Labute approximate surface area is 190 Å². The number of rotatable bonds is 6. The van der Waals surface area contributed by atoms with Crippen LogP contribution in [-0.4, -0.2) is 22.8 Å². The van der Waals surface area contributed by atoms with Crippen LogP contribution in [0.25, 0.3) is 0 Å². The van der Waals surface area contributed by atoms with Gasteiger partial charge in [0.2, 0.25) is 5.91 Å². The molecule has 0 radical (unpaired) electrons. The molecular formula is C24H23ClN2O3S. The van der Waals surface area contributed by atoms with Gasteiger partial charge in [-0.25, -0.2) is 0 Å². The Hall–Kier alpha value is -2.83. The summed E-state index contributed by atoms with van der Waals surface area (Å²) in [4.78, 5) is 28.3. The first-order valence-corrected chi connectivity index (χ1v) is 11.4. The highest BCUT2D eigenvalue weighted by Crippen LogP contribution is 2.30. The molecule has 160 valence electrons. The maximum absolute atomic E-state index is 13.1. The van der Waals surface area contributed by atoms with E-state index in [1.165, 1.54) is 0 Å². The predicted molar refractivity (Wildman–Crippen MR) is 124 cm³/mol. The maximum Gasteiger partial charge on any atom is 0.264 e. The minimum Gasteiger partial charge on any atom is -0.480 e. The van der Waals surface area contributed by atoms with Crippen LogP contribution in [0.3, 0.4) is 0 Å². The van der Waals surface area contributed by atoms with Gasteiger partial charge in [-0.1, -0.05) is 36.7 Å². The highest BCUT2D eigenvalue weighted by molar-refractivity contribution is 7.10. The van der Waals surface area contributed by atoms with Gasteiger partial charge in [-0.3, -0.25) is 9.59 Å². The van der Waals surface area contributed by atoms with E-state index in [9.17, 15) is 9.59 Å². The van der Waals surface area contributed by atoms with E-state index in [1.807, 2.05) is 66.9 Å². The molecule has 0 aliphatic carbocycles. The molecule has 1 aliphatic heterocycles. The zero-order valence-electron chi connectivity index (χ0n) is 17.1. The van der Waals surface area contributed by atoms with Gasteiger partial charge in [-0.15, -0.1) is 11.3 Å². The van der Waals surface area contributed by atoms with Crippen molar-refractivity contribution in [1.29, 1.82) is 0 Å². The number of amides is 2. The van der Waals surface area contributed by atoms with Crippen molar-refractivity contribution in [2.75, 3.05) is 5.32 Å². The first-order valence-electron chi connectivity index (χ1n) is 10.2. The van der Waals surface area contributed by atoms with Crippen LogP contribution in [0.5, 0.6) is 5.75 Å². The first kappa shape index (κ1) is 21.4. The van der Waals surface area contributed by atoms with Gasteiger partial charge in [0.25, 0.3) is 5.91 Å². The molecule has 1 aliphatic rings. The van der Waals surface area contributed by atoms with Gasteiger partial charge in [0.05, 0.1) is 6.42 Å². The molecule has 0 bridgehead atoms. The van der Waals surface area contributed by atoms with E-state index in [4.69, 9.17) is 16.3 Å². The van der Waals surface area contributed by atoms with E-state index < -0.39 is 6.10 Å². The number of nitrogens with one attached hydrogen (secondary N) is 1. The summed E-state index contributed by atoms with van der Waals surface area (Å²) in [6, 6.07) is 16.9. The summed E-state index contributed by atoms with van der Waals surface area (Å²) in [6.45, 7) is 2.80. The number of hydrogen-bond acceptors (Lipinski definition) is 4. The van der Waals surface area contributed by atoms with Crippen LogP contribution in [0.2, 0.25) is 5.02 Å². The average Bonchev–Trinajstić information content (AvgIpc) is 3.22. The van der Waals surface area contributed by atoms with E-state index in [-0.39, 0.29) is 11.8 Å². The van der Waals surface area contributed by atoms with E-state index in [0.717, 1.165) is 16.0 Å². The second kappa shape index (κ2) is 9.54. The third kappa shape index (κ3) is 5.27. The third-order valence-corrected chi connectivity index (χ3v) is 6.26. The van der Waals surface area contributed by atoms with Crippen molar-refractivity contribution >= 4 is 40.4 Å². The van der Waals surface area contributed by atoms with Crippen LogP contribution in [0.4, 0.5) is 5.69 Å². The lowest BCUT2D eigenvalue weighted by molar-refractivity contribution is -0.139. The fourth-order valence-electron chi connectivity index (χ4n) is 3.57. The molecule has 0 fully saturated rings. The molecule has 5 nitrogen and oxygen atoms in total. The molecule has 2 amide bonds. The fraction of sp³-hybridized carbons (Fsp3) is 0.250. The summed E-state index contributed by atoms with van der Waals surface area (Å²) < 4.78 is 6.03. The molecule has 1 aromatic heterocycles. The first-order chi connectivity index (χ1) is 15.0. The molecule has 0 saturated carbocycles. The topological polar surface area (TPSA) is 58.6 Å². The third-order valence-electron chi connectivity index (χ3n) is 5.13. The minimum absolute atomic E-state index is 0.0445. The van der Waals surface area contributed by atoms with E-state index in [0.29, 0.717) is 42.4 Å². The Kier molecular flexibility index (Phi) is 6.59. The molecule has 0 spiro atoms. The summed E-state index contributed by atoms with van der Waals surface area (Å²) in [5, 5.41) is 5.57. The molecule has 1 atom stereocenters. The molecule has 2 heterocycles. The number of ether oxygens (including phenoxy) is 1. The second-order valence-electron chi connectivity index (χ2n) is 7.46. The van der Waals surface area contributed by atoms with Crippen LogP contribution >= 0.6 is 22.9 Å². The zero-order valence-corrected chi connectivity index (χ0v) is 18.7. The average molecular weight is 455 g/mol. The SMILES string of the molecule is CC[C@@H]1Oc2ccc(NC(=O)Cc3cccs3)cc2CN(Cc2ccc(Cl)cc2)C1=O. The van der Waals surface area contributed by atoms with Gasteiger partial charge in [0.15, 0.2) is 6.10 Å². The highest BCUT2D eigenvalue weighted by atomic mass is 35.5. The quantitative estimate of drug-likeness (QED) is 0.551. The Bertz CT molecular complexity index is 1070. The van der Waals surface area contributed by atoms with Crippen LogP contribution < -0.4 is 10.1 Å². The Morgan fingerprint density at radius 2 is 2.03 bits per heavy atom. The van der Waals surface area contributed by atoms with Gasteiger partial charge in [-0.2, -0.15) is 0 Å². The minimum atomic E-state index is -0.534. The summed E-state index contributed by atoms with van der Waals surface area (Å²) in [7, 11) is 0. The lowest BCUT2D eigenvalue weighted by Gasteiger charge is -2.23. The number of benzene rings is 2. The maximum atomic E-state index is 13.1. The van der Waals surface area contributed by atoms with Gasteiger partial charge in [0, 0.05) is 34.2 Å². The number of hydrogen-bond donors (Lipinski definition) is 1. The number of halogens is 1. The van der Waals surface area contributed by atoms with Gasteiger partial charge in [-0.05, 0) is 53.8 Å². The molecule has 0 unspecified atom stereocenters. The fourth-order valence-corrected chi connectivity index (χ4v) is 4.39. The van der Waals surface area contributed by atoms with Crippen molar-refractivity contribution in [2.24, 2.45) is 0 Å². The molecular weight excluding hydrogens is 432 g/mol. The summed E-state index contributed by atoms with van der Waals surface area (Å²) >= 11 is 7.55. The van der Waals surface area contributed by atoms with Crippen molar-refractivity contribution in [3.63, 3.8) is 0 Å². The van der Waals surface area contributed by atoms with E-state index in [1.54, 1.807) is 16.2 Å². The van der Waals surface area contributed by atoms with E-state index >= 15 is 0 Å². The Morgan fingerprint density at radius 3 is 2.74 bits per heavy atom. The predicted octanol–water partition coefficient (Wildman–Crippen LogP) is 5.28. The second-order valence-corrected chi connectivity index (χ2v) is 8.93. The molecule has 7 heteroatoms. The van der Waals surface area contributed by atoms with Crippen LogP contribution in [-0.2, 0) is 29.1 Å². The summed E-state index contributed by atoms with van der Waals surface area (Å²) in [5.41, 5.74) is 2.56. The van der Waals surface area contributed by atoms with Crippen molar-refractivity contribution in [2.45, 2.75) is 39.0 Å². The monoisotopic (exact) mass is 454 g/mol. The Balaban J connectivity index is 1.54. The lowest BCUT2D eigenvalue weighted by Crippen LogP contribution is -2.38. The molecule has 1 N–H and O–H groups in total. The highest BCUT2D eigenvalue weighted by Gasteiger charge is 2.30. The van der Waals surface area contributed by atoms with Crippen molar-refractivity contribution in [1.82, 2.24) is 4.90 Å². The number of nitrogens with zero attached hydrogens (tertiary/aromatic N) is 1. The Morgan fingerprint density at radius 1 is 1.23 bits per heavy atom. The normalized spacial score (nSPS) is 15.7. The molecule has 0 saturated heterocycles. The van der Waals surface area contributed by atoms with Crippen LogP contribution in [0.1, 0.15) is 29.3 Å². The largest absolute Gasteiger partial charge is 0.480 e. The van der Waals surface area contributed by atoms with Crippen LogP contribution in [0, 0.1) is 0 Å². The van der Waals surface area contributed by atoms with Gasteiger partial charge >= 0.3 is 0 Å². The summed E-state index contributed by atoms with van der Waals surface area (Å²) in [5.74, 6) is 0.560. The zero-order chi connectivity index (χ0) is 21.8. The summed E-state index contributed by atoms with van der Waals surface area (Å²) in [6.07, 6.45) is 0.381. The number of carbonyl (C=O) groups is 2.